The molecule has 0 aliphatic carbocycles. The van der Waals surface area contributed by atoms with Crippen LogP contribution in [0.1, 0.15) is 42.2 Å². The average Bonchev–Trinajstić information content (AvgIpc) is 2.66. The fourth-order valence-corrected chi connectivity index (χ4v) is 2.69. The Bertz CT molecular complexity index is 728. The zero-order valence-electron chi connectivity index (χ0n) is 15.4. The van der Waals surface area contributed by atoms with Gasteiger partial charge in [-0.25, -0.2) is 0 Å². The SMILES string of the molecule is COc1ccc(OCC(=O)N[C@H](CC(C)C)c2ccccc2)c(C=O)c1. The molecule has 0 spiro atoms. The molecule has 5 nitrogen and oxygen atoms in total. The van der Waals surface area contributed by atoms with Crippen LogP contribution in [-0.4, -0.2) is 25.9 Å². The number of hydrogen-bond donors (Lipinski definition) is 1. The van der Waals surface area contributed by atoms with E-state index in [1.807, 2.05) is 30.3 Å². The highest BCUT2D eigenvalue weighted by Gasteiger charge is 2.17. The molecule has 0 heterocycles. The van der Waals surface area contributed by atoms with E-state index >= 15 is 0 Å². The molecule has 1 atom stereocenters. The minimum atomic E-state index is -0.229. The number of rotatable bonds is 9. The van der Waals surface area contributed by atoms with Gasteiger partial charge in [0, 0.05) is 0 Å². The second-order valence-electron chi connectivity index (χ2n) is 6.47. The summed E-state index contributed by atoms with van der Waals surface area (Å²) in [5, 5.41) is 3.02. The van der Waals surface area contributed by atoms with Gasteiger partial charge in [0.15, 0.2) is 12.9 Å². The number of hydrogen-bond acceptors (Lipinski definition) is 4. The summed E-state index contributed by atoms with van der Waals surface area (Å²) in [6, 6.07) is 14.7. The fraction of sp³-hybridized carbons (Fsp3) is 0.333. The van der Waals surface area contributed by atoms with Gasteiger partial charge in [-0.1, -0.05) is 44.2 Å². The molecular formula is C21H25NO4. The molecule has 138 valence electrons. The van der Waals surface area contributed by atoms with Crippen LogP contribution in [0.5, 0.6) is 11.5 Å². The Hall–Kier alpha value is -2.82. The lowest BCUT2D eigenvalue weighted by Gasteiger charge is -2.21. The third kappa shape index (κ3) is 5.62. The third-order valence-corrected chi connectivity index (χ3v) is 3.95. The maximum atomic E-state index is 12.4. The molecule has 0 unspecified atom stereocenters. The zero-order chi connectivity index (χ0) is 18.9. The summed E-state index contributed by atoms with van der Waals surface area (Å²) in [6.07, 6.45) is 1.51. The van der Waals surface area contributed by atoms with Crippen molar-refractivity contribution in [1.82, 2.24) is 5.32 Å². The van der Waals surface area contributed by atoms with Crippen LogP contribution >= 0.6 is 0 Å². The van der Waals surface area contributed by atoms with Gasteiger partial charge >= 0.3 is 0 Å². The summed E-state index contributed by atoms with van der Waals surface area (Å²) < 4.78 is 10.6. The molecule has 1 amide bonds. The molecule has 2 aromatic rings. The van der Waals surface area contributed by atoms with Crippen molar-refractivity contribution < 1.29 is 19.1 Å². The third-order valence-electron chi connectivity index (χ3n) is 3.95. The lowest BCUT2D eigenvalue weighted by Crippen LogP contribution is -2.33. The summed E-state index contributed by atoms with van der Waals surface area (Å²) in [7, 11) is 1.52. The summed E-state index contributed by atoms with van der Waals surface area (Å²) in [5.41, 5.74) is 1.41. The molecule has 1 N–H and O–H groups in total. The minimum Gasteiger partial charge on any atom is -0.497 e. The van der Waals surface area contributed by atoms with Crippen LogP contribution in [0.2, 0.25) is 0 Å². The van der Waals surface area contributed by atoms with E-state index < -0.39 is 0 Å². The molecule has 0 radical (unpaired) electrons. The number of amides is 1. The first-order valence-electron chi connectivity index (χ1n) is 8.63. The van der Waals surface area contributed by atoms with Crippen LogP contribution in [0, 0.1) is 5.92 Å². The Morgan fingerprint density at radius 3 is 2.50 bits per heavy atom. The molecule has 0 aliphatic heterocycles. The van der Waals surface area contributed by atoms with E-state index in [0.717, 1.165) is 12.0 Å². The van der Waals surface area contributed by atoms with Gasteiger partial charge in [0.2, 0.25) is 0 Å². The number of methoxy groups -OCH3 is 1. The largest absolute Gasteiger partial charge is 0.497 e. The van der Waals surface area contributed by atoms with E-state index in [4.69, 9.17) is 9.47 Å². The van der Waals surface area contributed by atoms with Gasteiger partial charge < -0.3 is 14.8 Å². The minimum absolute atomic E-state index is 0.0753. The highest BCUT2D eigenvalue weighted by molar-refractivity contribution is 5.81. The van der Waals surface area contributed by atoms with Crippen LogP contribution in [0.4, 0.5) is 0 Å². The molecule has 0 aromatic heterocycles. The van der Waals surface area contributed by atoms with Gasteiger partial charge in [-0.15, -0.1) is 0 Å². The Balaban J connectivity index is 2.01. The number of ether oxygens (including phenoxy) is 2. The quantitative estimate of drug-likeness (QED) is 0.695. The van der Waals surface area contributed by atoms with Crippen molar-refractivity contribution in [2.75, 3.05) is 13.7 Å². The predicted molar refractivity (Wildman–Crippen MR) is 101 cm³/mol. The first kappa shape index (κ1) is 19.5. The van der Waals surface area contributed by atoms with Crippen molar-refractivity contribution in [2.45, 2.75) is 26.3 Å². The number of aldehydes is 1. The fourth-order valence-electron chi connectivity index (χ4n) is 2.69. The van der Waals surface area contributed by atoms with Gasteiger partial charge in [0.25, 0.3) is 5.91 Å². The van der Waals surface area contributed by atoms with E-state index in [0.29, 0.717) is 29.3 Å². The molecular weight excluding hydrogens is 330 g/mol. The summed E-state index contributed by atoms with van der Waals surface area (Å²) in [4.78, 5) is 23.5. The standard InChI is InChI=1S/C21H25NO4/c1-15(2)11-19(16-7-5-4-6-8-16)22-21(24)14-26-20-10-9-18(25-3)12-17(20)13-23/h4-10,12-13,15,19H,11,14H2,1-3H3,(H,22,24)/t19-/m1/s1. The Morgan fingerprint density at radius 1 is 1.15 bits per heavy atom. The maximum absolute atomic E-state index is 12.4. The second kappa shape index (κ2) is 9.61. The first-order chi connectivity index (χ1) is 12.5. The molecule has 2 rings (SSSR count). The average molecular weight is 355 g/mol. The lowest BCUT2D eigenvalue weighted by atomic mass is 9.97. The number of carbonyl (C=O) groups is 2. The van der Waals surface area contributed by atoms with Crippen molar-refractivity contribution in [1.29, 1.82) is 0 Å². The van der Waals surface area contributed by atoms with Gasteiger partial charge in [0.1, 0.15) is 11.5 Å². The Morgan fingerprint density at radius 2 is 1.88 bits per heavy atom. The summed E-state index contributed by atoms with van der Waals surface area (Å²) in [5.74, 6) is 1.12. The van der Waals surface area contributed by atoms with E-state index in [2.05, 4.69) is 19.2 Å². The first-order valence-corrected chi connectivity index (χ1v) is 8.63. The molecule has 0 saturated heterocycles. The normalized spacial score (nSPS) is 11.7. The van der Waals surface area contributed by atoms with Crippen LogP contribution in [0.3, 0.4) is 0 Å². The van der Waals surface area contributed by atoms with Crippen molar-refractivity contribution in [3.05, 3.63) is 59.7 Å². The molecule has 0 fully saturated rings. The van der Waals surface area contributed by atoms with Gasteiger partial charge in [0.05, 0.1) is 18.7 Å². The Kier molecular flexibility index (Phi) is 7.21. The van der Waals surface area contributed by atoms with Crippen molar-refractivity contribution in [3.8, 4) is 11.5 Å². The van der Waals surface area contributed by atoms with E-state index in [9.17, 15) is 9.59 Å². The Labute approximate surface area is 154 Å². The van der Waals surface area contributed by atoms with Gasteiger partial charge in [-0.05, 0) is 36.1 Å². The van der Waals surface area contributed by atoms with Crippen LogP contribution in [0.15, 0.2) is 48.5 Å². The predicted octanol–water partition coefficient (Wildman–Crippen LogP) is 3.79. The van der Waals surface area contributed by atoms with Crippen molar-refractivity contribution in [3.63, 3.8) is 0 Å². The summed E-state index contributed by atoms with van der Waals surface area (Å²) in [6.45, 7) is 4.08. The van der Waals surface area contributed by atoms with E-state index in [-0.39, 0.29) is 18.6 Å². The van der Waals surface area contributed by atoms with Gasteiger partial charge in [-0.2, -0.15) is 0 Å². The van der Waals surface area contributed by atoms with E-state index in [1.54, 1.807) is 18.2 Å². The highest BCUT2D eigenvalue weighted by atomic mass is 16.5. The molecule has 26 heavy (non-hydrogen) atoms. The van der Waals surface area contributed by atoms with Crippen LogP contribution < -0.4 is 14.8 Å². The topological polar surface area (TPSA) is 64.6 Å². The smallest absolute Gasteiger partial charge is 0.258 e. The summed E-state index contributed by atoms with van der Waals surface area (Å²) >= 11 is 0. The van der Waals surface area contributed by atoms with Crippen LogP contribution in [0.25, 0.3) is 0 Å². The molecule has 5 heteroatoms. The van der Waals surface area contributed by atoms with E-state index in [1.165, 1.54) is 7.11 Å². The monoisotopic (exact) mass is 355 g/mol. The molecule has 2 aromatic carbocycles. The lowest BCUT2D eigenvalue weighted by molar-refractivity contribution is -0.124. The molecule has 0 bridgehead atoms. The number of carbonyl (C=O) groups excluding carboxylic acids is 2. The maximum Gasteiger partial charge on any atom is 0.258 e. The molecule has 0 aliphatic rings. The highest BCUT2D eigenvalue weighted by Crippen LogP contribution is 2.23. The van der Waals surface area contributed by atoms with Crippen molar-refractivity contribution in [2.24, 2.45) is 5.92 Å². The van der Waals surface area contributed by atoms with Gasteiger partial charge in [-0.3, -0.25) is 9.59 Å². The second-order valence-corrected chi connectivity index (χ2v) is 6.47. The molecule has 0 saturated carbocycles. The number of nitrogens with one attached hydrogen (secondary N) is 1. The number of benzene rings is 2. The van der Waals surface area contributed by atoms with Crippen molar-refractivity contribution >= 4 is 12.2 Å². The zero-order valence-corrected chi connectivity index (χ0v) is 15.4. The van der Waals surface area contributed by atoms with Crippen LogP contribution in [-0.2, 0) is 4.79 Å².